The summed E-state index contributed by atoms with van der Waals surface area (Å²) in [6, 6.07) is 5.87. The third-order valence-electron chi connectivity index (χ3n) is 3.20. The number of rotatable bonds is 5. The van der Waals surface area contributed by atoms with Crippen LogP contribution in [0.3, 0.4) is 0 Å². The summed E-state index contributed by atoms with van der Waals surface area (Å²) in [5, 5.41) is 6.98. The van der Waals surface area contributed by atoms with E-state index in [1.807, 2.05) is 0 Å². The van der Waals surface area contributed by atoms with E-state index < -0.39 is 6.05 Å². The van der Waals surface area contributed by atoms with Crippen LogP contribution in [0, 0.1) is 0 Å². The molecule has 1 N–H and O–H groups in total. The van der Waals surface area contributed by atoms with Crippen molar-refractivity contribution >= 4 is 17.4 Å². The lowest BCUT2D eigenvalue weighted by molar-refractivity contribution is -0.0482. The summed E-state index contributed by atoms with van der Waals surface area (Å²) in [5.74, 6) is 0.566. The van der Waals surface area contributed by atoms with Crippen LogP contribution in [0.25, 0.3) is 0 Å². The van der Waals surface area contributed by atoms with Crippen LogP contribution in [-0.2, 0) is 12.6 Å². The van der Waals surface area contributed by atoms with Crippen LogP contribution >= 0.6 is 11.6 Å². The molecule has 0 aliphatic carbocycles. The van der Waals surface area contributed by atoms with E-state index in [-0.39, 0.29) is 5.56 Å². The lowest BCUT2D eigenvalue weighted by Crippen LogP contribution is -2.24. The summed E-state index contributed by atoms with van der Waals surface area (Å²) in [7, 11) is 0. The molecule has 0 bridgehead atoms. The third kappa shape index (κ3) is 3.45. The molecule has 0 aliphatic rings. The predicted molar refractivity (Wildman–Crippen MR) is 82.3 cm³/mol. The molecular formula is C15H12ClF2N5. The summed E-state index contributed by atoms with van der Waals surface area (Å²) in [4.78, 5) is 7.79. The number of anilines is 1. The van der Waals surface area contributed by atoms with Crippen LogP contribution in [0.2, 0.25) is 5.15 Å². The molecule has 23 heavy (non-hydrogen) atoms. The van der Waals surface area contributed by atoms with E-state index in [0.29, 0.717) is 22.2 Å². The number of nitrogens with zero attached hydrogens (tertiary/aromatic N) is 4. The molecule has 1 aromatic carbocycles. The van der Waals surface area contributed by atoms with E-state index in [1.165, 1.54) is 36.9 Å². The van der Waals surface area contributed by atoms with Gasteiger partial charge in [0.2, 0.25) is 0 Å². The van der Waals surface area contributed by atoms with Crippen LogP contribution in [-0.4, -0.2) is 19.7 Å². The molecule has 0 unspecified atom stereocenters. The second kappa shape index (κ2) is 6.29. The number of benzene rings is 1. The Morgan fingerprint density at radius 2 is 1.96 bits per heavy atom. The first-order chi connectivity index (χ1) is 11.1. The Bertz CT molecular complexity index is 775. The minimum Gasteiger partial charge on any atom is -0.366 e. The number of aromatic nitrogens is 4. The monoisotopic (exact) mass is 335 g/mol. The normalized spacial score (nSPS) is 11.4. The number of halogens is 3. The zero-order valence-corrected chi connectivity index (χ0v) is 12.6. The highest BCUT2D eigenvalue weighted by atomic mass is 35.5. The van der Waals surface area contributed by atoms with E-state index >= 15 is 0 Å². The average molecular weight is 336 g/mol. The average Bonchev–Trinajstić information content (AvgIpc) is 3.09. The fourth-order valence-electron chi connectivity index (χ4n) is 2.01. The summed E-state index contributed by atoms with van der Waals surface area (Å²) in [6.07, 6.45) is 3.89. The summed E-state index contributed by atoms with van der Waals surface area (Å²) < 4.78 is 29.0. The van der Waals surface area contributed by atoms with Gasteiger partial charge in [0.05, 0.1) is 0 Å². The van der Waals surface area contributed by atoms with Gasteiger partial charge in [0.15, 0.2) is 0 Å². The standard InChI is InChI=1S/C15H12ClF2N5/c16-13-8-14(21-10-20-13)19-9-11-2-4-12(5-3-11)15(17,18)23-7-1-6-22-23/h1-8,10H,9H2,(H,19,20,21). The smallest absolute Gasteiger partial charge is 0.366 e. The molecule has 2 aromatic heterocycles. The molecule has 0 saturated heterocycles. The second-order valence-electron chi connectivity index (χ2n) is 4.77. The number of alkyl halides is 2. The highest BCUT2D eigenvalue weighted by molar-refractivity contribution is 6.29. The topological polar surface area (TPSA) is 55.6 Å². The SMILES string of the molecule is FC(F)(c1ccc(CNc2cc(Cl)ncn2)cc1)n1cccn1. The zero-order valence-electron chi connectivity index (χ0n) is 11.8. The van der Waals surface area contributed by atoms with Crippen molar-refractivity contribution in [2.45, 2.75) is 12.6 Å². The Morgan fingerprint density at radius 3 is 2.61 bits per heavy atom. The van der Waals surface area contributed by atoms with Crippen molar-refractivity contribution in [1.29, 1.82) is 0 Å². The van der Waals surface area contributed by atoms with Crippen LogP contribution in [0.4, 0.5) is 14.6 Å². The molecule has 118 valence electrons. The molecule has 0 aliphatic heterocycles. The van der Waals surface area contributed by atoms with Gasteiger partial charge in [0, 0.05) is 30.6 Å². The van der Waals surface area contributed by atoms with Crippen molar-refractivity contribution in [2.75, 3.05) is 5.32 Å². The van der Waals surface area contributed by atoms with Crippen LogP contribution in [0.1, 0.15) is 11.1 Å². The Hall–Kier alpha value is -2.54. The van der Waals surface area contributed by atoms with Gasteiger partial charge in [0.25, 0.3) is 0 Å². The Balaban J connectivity index is 1.70. The highest BCUT2D eigenvalue weighted by Gasteiger charge is 2.34. The largest absolute Gasteiger partial charge is 0.370 e. The van der Waals surface area contributed by atoms with Gasteiger partial charge in [-0.1, -0.05) is 35.9 Å². The first-order valence-corrected chi connectivity index (χ1v) is 7.12. The molecule has 5 nitrogen and oxygen atoms in total. The fourth-order valence-corrected chi connectivity index (χ4v) is 2.16. The Kier molecular flexibility index (Phi) is 4.20. The number of hydrogen-bond donors (Lipinski definition) is 1. The Morgan fingerprint density at radius 1 is 1.17 bits per heavy atom. The van der Waals surface area contributed by atoms with Gasteiger partial charge < -0.3 is 5.32 Å². The molecule has 0 fully saturated rings. The van der Waals surface area contributed by atoms with Gasteiger partial charge in [0.1, 0.15) is 17.3 Å². The maximum absolute atomic E-state index is 14.2. The van der Waals surface area contributed by atoms with Crippen LogP contribution < -0.4 is 5.32 Å². The van der Waals surface area contributed by atoms with Crippen molar-refractivity contribution in [3.63, 3.8) is 0 Å². The second-order valence-corrected chi connectivity index (χ2v) is 5.16. The van der Waals surface area contributed by atoms with E-state index in [1.54, 1.807) is 18.2 Å². The summed E-state index contributed by atoms with van der Waals surface area (Å²) in [6.45, 7) is 0.432. The van der Waals surface area contributed by atoms with E-state index in [9.17, 15) is 8.78 Å². The molecule has 2 heterocycles. The van der Waals surface area contributed by atoms with Crippen LogP contribution in [0.5, 0.6) is 0 Å². The van der Waals surface area contributed by atoms with Crippen LogP contribution in [0.15, 0.2) is 55.1 Å². The first kappa shape index (κ1) is 15.4. The summed E-state index contributed by atoms with van der Waals surface area (Å²) in [5.41, 5.74) is 0.704. The van der Waals surface area contributed by atoms with Crippen molar-refractivity contribution in [3.05, 3.63) is 71.4 Å². The zero-order chi connectivity index (χ0) is 16.3. The highest BCUT2D eigenvalue weighted by Crippen LogP contribution is 2.29. The third-order valence-corrected chi connectivity index (χ3v) is 3.41. The quantitative estimate of drug-likeness (QED) is 0.725. The molecule has 8 heteroatoms. The molecule has 3 rings (SSSR count). The molecule has 0 spiro atoms. The van der Waals surface area contributed by atoms with E-state index in [0.717, 1.165) is 5.56 Å². The van der Waals surface area contributed by atoms with Crippen molar-refractivity contribution in [3.8, 4) is 0 Å². The lowest BCUT2D eigenvalue weighted by atomic mass is 10.1. The van der Waals surface area contributed by atoms with Gasteiger partial charge in [-0.3, -0.25) is 0 Å². The van der Waals surface area contributed by atoms with Crippen molar-refractivity contribution in [2.24, 2.45) is 0 Å². The van der Waals surface area contributed by atoms with Crippen molar-refractivity contribution < 1.29 is 8.78 Å². The van der Waals surface area contributed by atoms with Gasteiger partial charge >= 0.3 is 6.05 Å². The summed E-state index contributed by atoms with van der Waals surface area (Å²) >= 11 is 5.76. The lowest BCUT2D eigenvalue weighted by Gasteiger charge is -2.17. The van der Waals surface area contributed by atoms with Gasteiger partial charge in [-0.15, -0.1) is 0 Å². The van der Waals surface area contributed by atoms with E-state index in [2.05, 4.69) is 20.4 Å². The molecule has 0 saturated carbocycles. The molecule has 0 amide bonds. The molecular weight excluding hydrogens is 324 g/mol. The van der Waals surface area contributed by atoms with Gasteiger partial charge in [-0.2, -0.15) is 13.9 Å². The molecule has 0 atom stereocenters. The predicted octanol–water partition coefficient (Wildman–Crippen LogP) is 3.54. The minimum atomic E-state index is -3.18. The van der Waals surface area contributed by atoms with E-state index in [4.69, 9.17) is 11.6 Å². The van der Waals surface area contributed by atoms with Gasteiger partial charge in [-0.25, -0.2) is 14.6 Å². The molecule has 3 aromatic rings. The maximum atomic E-state index is 14.2. The molecule has 0 radical (unpaired) electrons. The fraction of sp³-hybridized carbons (Fsp3) is 0.133. The first-order valence-electron chi connectivity index (χ1n) is 6.74. The maximum Gasteiger partial charge on any atom is 0.370 e. The Labute approximate surface area is 136 Å². The van der Waals surface area contributed by atoms with Gasteiger partial charge in [-0.05, 0) is 11.6 Å². The number of hydrogen-bond acceptors (Lipinski definition) is 4. The van der Waals surface area contributed by atoms with Crippen molar-refractivity contribution in [1.82, 2.24) is 19.7 Å². The minimum absolute atomic E-state index is 0.130. The number of nitrogens with one attached hydrogen (secondary N) is 1.